The van der Waals surface area contributed by atoms with Crippen molar-refractivity contribution in [2.75, 3.05) is 14.2 Å². The van der Waals surface area contributed by atoms with Gasteiger partial charge in [-0.3, -0.25) is 4.68 Å². The topological polar surface area (TPSA) is 39.1 Å². The molecule has 1 fully saturated rings. The van der Waals surface area contributed by atoms with E-state index < -0.39 is 0 Å². The Morgan fingerprint density at radius 1 is 1.42 bits per heavy atom. The first-order valence-electron chi connectivity index (χ1n) is 7.48. The average molecular weight is 265 g/mol. The SMILES string of the molecule is CNC(Cc1ccn(C2CCCCC2)n1)C(C)OC. The Kier molecular flexibility index (Phi) is 5.40. The predicted molar refractivity (Wildman–Crippen MR) is 77.4 cm³/mol. The van der Waals surface area contributed by atoms with Crippen molar-refractivity contribution in [3.05, 3.63) is 18.0 Å². The van der Waals surface area contributed by atoms with E-state index in [1.165, 1.54) is 32.1 Å². The van der Waals surface area contributed by atoms with Crippen LogP contribution in [-0.2, 0) is 11.2 Å². The molecule has 1 aliphatic rings. The molecule has 0 aliphatic heterocycles. The van der Waals surface area contributed by atoms with Crippen LogP contribution in [0.4, 0.5) is 0 Å². The van der Waals surface area contributed by atoms with E-state index in [1.807, 2.05) is 7.05 Å². The number of hydrogen-bond donors (Lipinski definition) is 1. The number of nitrogens with zero attached hydrogens (tertiary/aromatic N) is 2. The molecule has 1 heterocycles. The van der Waals surface area contributed by atoms with Crippen LogP contribution in [0, 0.1) is 0 Å². The first-order chi connectivity index (χ1) is 9.24. The summed E-state index contributed by atoms with van der Waals surface area (Å²) in [5.41, 5.74) is 1.16. The quantitative estimate of drug-likeness (QED) is 0.859. The molecule has 0 saturated heterocycles. The van der Waals surface area contributed by atoms with Gasteiger partial charge < -0.3 is 10.1 Å². The molecular weight excluding hydrogens is 238 g/mol. The molecule has 0 radical (unpaired) electrons. The van der Waals surface area contributed by atoms with Gasteiger partial charge in [-0.2, -0.15) is 5.10 Å². The van der Waals surface area contributed by atoms with Gasteiger partial charge in [0.05, 0.1) is 17.8 Å². The molecule has 2 rings (SSSR count). The molecule has 1 aromatic heterocycles. The molecule has 1 aliphatic carbocycles. The van der Waals surface area contributed by atoms with Crippen molar-refractivity contribution in [3.63, 3.8) is 0 Å². The largest absolute Gasteiger partial charge is 0.380 e. The van der Waals surface area contributed by atoms with Crippen LogP contribution >= 0.6 is 0 Å². The van der Waals surface area contributed by atoms with E-state index in [-0.39, 0.29) is 6.10 Å². The summed E-state index contributed by atoms with van der Waals surface area (Å²) in [6.45, 7) is 2.10. The lowest BCUT2D eigenvalue weighted by Gasteiger charge is -2.23. The first-order valence-corrected chi connectivity index (χ1v) is 7.48. The van der Waals surface area contributed by atoms with Crippen molar-refractivity contribution in [2.24, 2.45) is 0 Å². The lowest BCUT2D eigenvalue weighted by Crippen LogP contribution is -2.38. The summed E-state index contributed by atoms with van der Waals surface area (Å²) >= 11 is 0. The van der Waals surface area contributed by atoms with Crippen LogP contribution in [0.15, 0.2) is 12.3 Å². The van der Waals surface area contributed by atoms with Gasteiger partial charge in [0.15, 0.2) is 0 Å². The maximum Gasteiger partial charge on any atom is 0.0699 e. The normalized spacial score (nSPS) is 20.4. The van der Waals surface area contributed by atoms with E-state index >= 15 is 0 Å². The molecule has 2 unspecified atom stereocenters. The maximum atomic E-state index is 5.40. The molecule has 4 heteroatoms. The summed E-state index contributed by atoms with van der Waals surface area (Å²) in [4.78, 5) is 0. The number of nitrogens with one attached hydrogen (secondary N) is 1. The van der Waals surface area contributed by atoms with Crippen LogP contribution in [0.2, 0.25) is 0 Å². The second kappa shape index (κ2) is 7.06. The van der Waals surface area contributed by atoms with Crippen LogP contribution in [0.5, 0.6) is 0 Å². The highest BCUT2D eigenvalue weighted by molar-refractivity contribution is 5.03. The zero-order valence-corrected chi connectivity index (χ0v) is 12.4. The van der Waals surface area contributed by atoms with Crippen molar-refractivity contribution >= 4 is 0 Å². The number of hydrogen-bond acceptors (Lipinski definition) is 3. The molecule has 108 valence electrons. The Bertz CT molecular complexity index is 371. The number of aromatic nitrogens is 2. The highest BCUT2D eigenvalue weighted by Gasteiger charge is 2.19. The van der Waals surface area contributed by atoms with E-state index in [4.69, 9.17) is 9.84 Å². The van der Waals surface area contributed by atoms with Crippen molar-refractivity contribution in [2.45, 2.75) is 63.6 Å². The highest BCUT2D eigenvalue weighted by Crippen LogP contribution is 2.27. The highest BCUT2D eigenvalue weighted by atomic mass is 16.5. The third kappa shape index (κ3) is 3.80. The van der Waals surface area contributed by atoms with E-state index in [1.54, 1.807) is 7.11 Å². The van der Waals surface area contributed by atoms with E-state index in [9.17, 15) is 0 Å². The van der Waals surface area contributed by atoms with Crippen molar-refractivity contribution in [1.82, 2.24) is 15.1 Å². The zero-order chi connectivity index (χ0) is 13.7. The van der Waals surface area contributed by atoms with Gasteiger partial charge in [-0.1, -0.05) is 19.3 Å². The Labute approximate surface area is 116 Å². The number of methoxy groups -OCH3 is 1. The molecule has 1 aromatic rings. The Morgan fingerprint density at radius 3 is 2.79 bits per heavy atom. The van der Waals surface area contributed by atoms with Crippen LogP contribution in [0.3, 0.4) is 0 Å². The molecular formula is C15H27N3O. The molecule has 1 saturated carbocycles. The van der Waals surface area contributed by atoms with E-state index in [0.29, 0.717) is 12.1 Å². The van der Waals surface area contributed by atoms with Crippen LogP contribution in [-0.4, -0.2) is 36.1 Å². The monoisotopic (exact) mass is 265 g/mol. The van der Waals surface area contributed by atoms with Crippen LogP contribution in [0.25, 0.3) is 0 Å². The number of rotatable bonds is 6. The van der Waals surface area contributed by atoms with E-state index in [2.05, 4.69) is 29.2 Å². The van der Waals surface area contributed by atoms with E-state index in [0.717, 1.165) is 12.1 Å². The molecule has 0 amide bonds. The summed E-state index contributed by atoms with van der Waals surface area (Å²) in [7, 11) is 3.74. The molecule has 0 bridgehead atoms. The fourth-order valence-corrected chi connectivity index (χ4v) is 2.93. The van der Waals surface area contributed by atoms with Crippen molar-refractivity contribution in [1.29, 1.82) is 0 Å². The summed E-state index contributed by atoms with van der Waals surface area (Å²) in [6.07, 6.45) is 9.92. The smallest absolute Gasteiger partial charge is 0.0699 e. The lowest BCUT2D eigenvalue weighted by atomic mass is 9.96. The van der Waals surface area contributed by atoms with Gasteiger partial charge >= 0.3 is 0 Å². The van der Waals surface area contributed by atoms with Gasteiger partial charge in [0, 0.05) is 25.8 Å². The van der Waals surface area contributed by atoms with Crippen molar-refractivity contribution < 1.29 is 4.74 Å². The third-order valence-corrected chi connectivity index (χ3v) is 4.35. The third-order valence-electron chi connectivity index (χ3n) is 4.35. The molecule has 1 N–H and O–H groups in total. The van der Waals surface area contributed by atoms with Gasteiger partial charge in [-0.15, -0.1) is 0 Å². The van der Waals surface area contributed by atoms with Gasteiger partial charge in [0.1, 0.15) is 0 Å². The second-order valence-corrected chi connectivity index (χ2v) is 5.62. The maximum absolute atomic E-state index is 5.40. The van der Waals surface area contributed by atoms with Gasteiger partial charge in [0.2, 0.25) is 0 Å². The molecule has 4 nitrogen and oxygen atoms in total. The fraction of sp³-hybridized carbons (Fsp3) is 0.800. The Balaban J connectivity index is 1.96. The predicted octanol–water partition coefficient (Wildman–Crippen LogP) is 2.55. The summed E-state index contributed by atoms with van der Waals surface area (Å²) in [6, 6.07) is 3.09. The molecule has 2 atom stereocenters. The Hall–Kier alpha value is -0.870. The summed E-state index contributed by atoms with van der Waals surface area (Å²) < 4.78 is 7.58. The lowest BCUT2D eigenvalue weighted by molar-refractivity contribution is 0.0853. The minimum absolute atomic E-state index is 0.199. The van der Waals surface area contributed by atoms with Gasteiger partial charge in [0.25, 0.3) is 0 Å². The second-order valence-electron chi connectivity index (χ2n) is 5.62. The minimum Gasteiger partial charge on any atom is -0.380 e. The molecule has 0 aromatic carbocycles. The van der Waals surface area contributed by atoms with Crippen LogP contribution in [0.1, 0.15) is 50.8 Å². The minimum atomic E-state index is 0.199. The zero-order valence-electron chi connectivity index (χ0n) is 12.4. The average Bonchev–Trinajstić information content (AvgIpc) is 2.93. The molecule has 0 spiro atoms. The van der Waals surface area contributed by atoms with Crippen molar-refractivity contribution in [3.8, 4) is 0 Å². The van der Waals surface area contributed by atoms with Gasteiger partial charge in [-0.25, -0.2) is 0 Å². The number of ether oxygens (including phenoxy) is 1. The summed E-state index contributed by atoms with van der Waals surface area (Å²) in [5.74, 6) is 0. The summed E-state index contributed by atoms with van der Waals surface area (Å²) in [5, 5.41) is 8.08. The first kappa shape index (κ1) is 14.5. The molecule has 19 heavy (non-hydrogen) atoms. The fourth-order valence-electron chi connectivity index (χ4n) is 2.93. The number of likely N-dealkylation sites (N-methyl/N-ethyl adjacent to an activating group) is 1. The Morgan fingerprint density at radius 2 is 2.16 bits per heavy atom. The van der Waals surface area contributed by atoms with Gasteiger partial charge in [-0.05, 0) is 32.9 Å². The standard InChI is InChI=1S/C15H27N3O/c1-12(19-3)15(16-2)11-13-9-10-18(17-13)14-7-5-4-6-8-14/h9-10,12,14-16H,4-8,11H2,1-3H3. The van der Waals surface area contributed by atoms with Crippen LogP contribution < -0.4 is 5.32 Å².